The molecule has 0 aliphatic heterocycles. The second-order valence-corrected chi connectivity index (χ2v) is 5.50. The smallest absolute Gasteiger partial charge is 0.357 e. The maximum absolute atomic E-state index is 12.2. The first kappa shape index (κ1) is 13.8. The lowest BCUT2D eigenvalue weighted by Crippen LogP contribution is -2.29. The van der Waals surface area contributed by atoms with Gasteiger partial charge in [0.2, 0.25) is 0 Å². The highest BCUT2D eigenvalue weighted by Gasteiger charge is 2.26. The first-order chi connectivity index (χ1) is 10.3. The Morgan fingerprint density at radius 3 is 2.24 bits per heavy atom. The third-order valence-electron chi connectivity index (χ3n) is 3.58. The molecule has 1 aliphatic rings. The molecule has 0 saturated heterocycles. The van der Waals surface area contributed by atoms with E-state index in [1.165, 1.54) is 12.8 Å². The van der Waals surface area contributed by atoms with Gasteiger partial charge in [-0.1, -0.05) is 48.5 Å². The summed E-state index contributed by atoms with van der Waals surface area (Å²) in [6, 6.07) is 19.2. The van der Waals surface area contributed by atoms with E-state index in [1.807, 2.05) is 36.4 Å². The Labute approximate surface area is 125 Å². The highest BCUT2D eigenvalue weighted by molar-refractivity contribution is 5.89. The molecule has 0 bridgehead atoms. The molecule has 0 unspecified atom stereocenters. The molecule has 3 rings (SSSR count). The molecule has 3 heteroatoms. The van der Waals surface area contributed by atoms with Crippen molar-refractivity contribution in [3.05, 3.63) is 71.8 Å². The van der Waals surface area contributed by atoms with Crippen LogP contribution in [0.4, 0.5) is 0 Å². The van der Waals surface area contributed by atoms with Crippen LogP contribution in [0.25, 0.3) is 0 Å². The fourth-order valence-electron chi connectivity index (χ4n) is 2.25. The number of rotatable bonds is 6. The molecular formula is C18H19NO2. The van der Waals surface area contributed by atoms with Gasteiger partial charge in [-0.15, -0.1) is 5.06 Å². The quantitative estimate of drug-likeness (QED) is 0.757. The van der Waals surface area contributed by atoms with Gasteiger partial charge < -0.3 is 4.84 Å². The van der Waals surface area contributed by atoms with Gasteiger partial charge in [-0.05, 0) is 36.5 Å². The van der Waals surface area contributed by atoms with Gasteiger partial charge >= 0.3 is 5.97 Å². The van der Waals surface area contributed by atoms with Crippen molar-refractivity contribution in [3.63, 3.8) is 0 Å². The molecule has 108 valence electrons. The Morgan fingerprint density at radius 1 is 1.00 bits per heavy atom. The van der Waals surface area contributed by atoms with Crippen LogP contribution < -0.4 is 0 Å². The zero-order valence-corrected chi connectivity index (χ0v) is 11.9. The van der Waals surface area contributed by atoms with Crippen LogP contribution in [0, 0.1) is 5.92 Å². The molecule has 1 aliphatic carbocycles. The molecule has 2 aromatic carbocycles. The topological polar surface area (TPSA) is 29.5 Å². The predicted octanol–water partition coefficient (Wildman–Crippen LogP) is 3.67. The fraction of sp³-hybridized carbons (Fsp3) is 0.278. The Kier molecular flexibility index (Phi) is 4.31. The van der Waals surface area contributed by atoms with Crippen LogP contribution in [0.3, 0.4) is 0 Å². The summed E-state index contributed by atoms with van der Waals surface area (Å²) in [5.41, 5.74) is 1.74. The summed E-state index contributed by atoms with van der Waals surface area (Å²) in [6.07, 6.45) is 2.46. The number of benzene rings is 2. The molecule has 2 aromatic rings. The van der Waals surface area contributed by atoms with E-state index in [4.69, 9.17) is 4.84 Å². The highest BCUT2D eigenvalue weighted by atomic mass is 16.7. The van der Waals surface area contributed by atoms with E-state index in [1.54, 1.807) is 17.2 Å². The van der Waals surface area contributed by atoms with Crippen molar-refractivity contribution < 1.29 is 9.63 Å². The highest BCUT2D eigenvalue weighted by Crippen LogP contribution is 2.30. The molecule has 0 atom stereocenters. The van der Waals surface area contributed by atoms with Crippen molar-refractivity contribution in [3.8, 4) is 0 Å². The second-order valence-electron chi connectivity index (χ2n) is 5.50. The Morgan fingerprint density at radius 2 is 1.62 bits per heavy atom. The molecule has 3 nitrogen and oxygen atoms in total. The summed E-state index contributed by atoms with van der Waals surface area (Å²) in [5.74, 6) is 0.379. The fourth-order valence-corrected chi connectivity index (χ4v) is 2.25. The molecule has 21 heavy (non-hydrogen) atoms. The largest absolute Gasteiger partial charge is 0.364 e. The lowest BCUT2D eigenvalue weighted by Gasteiger charge is -2.21. The summed E-state index contributed by atoms with van der Waals surface area (Å²) in [7, 11) is 0. The zero-order valence-electron chi connectivity index (χ0n) is 11.9. The van der Waals surface area contributed by atoms with Crippen molar-refractivity contribution in [2.45, 2.75) is 19.4 Å². The van der Waals surface area contributed by atoms with E-state index < -0.39 is 0 Å². The number of carbonyl (C=O) groups excluding carboxylic acids is 1. The van der Waals surface area contributed by atoms with Crippen LogP contribution in [-0.4, -0.2) is 17.6 Å². The van der Waals surface area contributed by atoms with E-state index in [9.17, 15) is 4.79 Å². The molecule has 0 spiro atoms. The van der Waals surface area contributed by atoms with Crippen LogP contribution in [0.5, 0.6) is 0 Å². The molecule has 0 heterocycles. The van der Waals surface area contributed by atoms with Crippen molar-refractivity contribution >= 4 is 5.97 Å². The van der Waals surface area contributed by atoms with Gasteiger partial charge in [-0.2, -0.15) is 0 Å². The number of nitrogens with zero attached hydrogens (tertiary/aromatic N) is 1. The molecule has 0 aromatic heterocycles. The lowest BCUT2D eigenvalue weighted by molar-refractivity contribution is -0.119. The van der Waals surface area contributed by atoms with Crippen LogP contribution in [-0.2, 0) is 11.4 Å². The minimum absolute atomic E-state index is 0.285. The minimum Gasteiger partial charge on any atom is -0.364 e. The molecule has 0 N–H and O–H groups in total. The monoisotopic (exact) mass is 281 g/mol. The van der Waals surface area contributed by atoms with Crippen LogP contribution >= 0.6 is 0 Å². The third-order valence-corrected chi connectivity index (χ3v) is 3.58. The SMILES string of the molecule is O=C(ON(Cc1ccccc1)CC1CC1)c1ccccc1. The predicted molar refractivity (Wildman–Crippen MR) is 81.4 cm³/mol. The normalized spacial score (nSPS) is 14.1. The third kappa shape index (κ3) is 4.17. The number of hydrogen-bond donors (Lipinski definition) is 0. The minimum atomic E-state index is -0.285. The van der Waals surface area contributed by atoms with E-state index in [0.717, 1.165) is 12.1 Å². The lowest BCUT2D eigenvalue weighted by atomic mass is 10.2. The van der Waals surface area contributed by atoms with E-state index in [-0.39, 0.29) is 5.97 Å². The van der Waals surface area contributed by atoms with Gasteiger partial charge in [0.1, 0.15) is 0 Å². The van der Waals surface area contributed by atoms with Crippen molar-refractivity contribution in [2.24, 2.45) is 5.92 Å². The summed E-state index contributed by atoms with van der Waals surface area (Å²) < 4.78 is 0. The summed E-state index contributed by atoms with van der Waals surface area (Å²) in [5, 5.41) is 1.79. The summed E-state index contributed by atoms with van der Waals surface area (Å²) in [4.78, 5) is 17.8. The Balaban J connectivity index is 1.66. The summed E-state index contributed by atoms with van der Waals surface area (Å²) in [6.45, 7) is 1.45. The standard InChI is InChI=1S/C18H19NO2/c20-18(17-9-5-2-6-10-17)21-19(14-16-11-12-16)13-15-7-3-1-4-8-15/h1-10,16H,11-14H2. The van der Waals surface area contributed by atoms with E-state index in [2.05, 4.69) is 12.1 Å². The van der Waals surface area contributed by atoms with Crippen molar-refractivity contribution in [2.75, 3.05) is 6.54 Å². The molecule has 0 radical (unpaired) electrons. The van der Waals surface area contributed by atoms with Gasteiger partial charge in [0.15, 0.2) is 0 Å². The second kappa shape index (κ2) is 6.55. The van der Waals surface area contributed by atoms with Crippen LogP contribution in [0.2, 0.25) is 0 Å². The number of hydroxylamine groups is 2. The van der Waals surface area contributed by atoms with Crippen molar-refractivity contribution in [1.82, 2.24) is 5.06 Å². The van der Waals surface area contributed by atoms with E-state index >= 15 is 0 Å². The van der Waals surface area contributed by atoms with Gasteiger partial charge in [0.25, 0.3) is 0 Å². The number of hydrogen-bond acceptors (Lipinski definition) is 3. The van der Waals surface area contributed by atoms with Crippen LogP contribution in [0.15, 0.2) is 60.7 Å². The molecular weight excluding hydrogens is 262 g/mol. The van der Waals surface area contributed by atoms with Gasteiger partial charge in [0, 0.05) is 6.54 Å². The van der Waals surface area contributed by atoms with Crippen LogP contribution in [0.1, 0.15) is 28.8 Å². The summed E-state index contributed by atoms with van der Waals surface area (Å²) >= 11 is 0. The average molecular weight is 281 g/mol. The van der Waals surface area contributed by atoms with Gasteiger partial charge in [-0.3, -0.25) is 0 Å². The first-order valence-electron chi connectivity index (χ1n) is 7.37. The van der Waals surface area contributed by atoms with Gasteiger partial charge in [-0.25, -0.2) is 4.79 Å². The Bertz CT molecular complexity index is 579. The maximum atomic E-state index is 12.2. The van der Waals surface area contributed by atoms with E-state index in [0.29, 0.717) is 18.0 Å². The maximum Gasteiger partial charge on any atom is 0.357 e. The molecule has 1 saturated carbocycles. The average Bonchev–Trinajstić information content (AvgIpc) is 3.33. The van der Waals surface area contributed by atoms with Gasteiger partial charge in [0.05, 0.1) is 12.1 Å². The molecule has 0 amide bonds. The first-order valence-corrected chi connectivity index (χ1v) is 7.37. The number of carbonyl (C=O) groups is 1. The van der Waals surface area contributed by atoms with Crippen molar-refractivity contribution in [1.29, 1.82) is 0 Å². The molecule has 1 fully saturated rings. The Hall–Kier alpha value is -2.13. The zero-order chi connectivity index (χ0) is 14.5.